The van der Waals surface area contributed by atoms with Crippen molar-refractivity contribution in [2.45, 2.75) is 32.5 Å². The van der Waals surface area contributed by atoms with Crippen molar-refractivity contribution in [3.05, 3.63) is 64.2 Å². The molecule has 3 aromatic rings. The number of halogens is 1. The molecule has 146 valence electrons. The second kappa shape index (κ2) is 7.45. The van der Waals surface area contributed by atoms with E-state index in [0.717, 1.165) is 28.5 Å². The predicted molar refractivity (Wildman–Crippen MR) is 107 cm³/mol. The van der Waals surface area contributed by atoms with Crippen molar-refractivity contribution < 1.29 is 14.2 Å². The third-order valence-electron chi connectivity index (χ3n) is 4.88. The number of fused-ring (bicyclic) bond motifs is 3. The van der Waals surface area contributed by atoms with Gasteiger partial charge in [0.25, 0.3) is 0 Å². The summed E-state index contributed by atoms with van der Waals surface area (Å²) in [7, 11) is 3.25. The van der Waals surface area contributed by atoms with Crippen molar-refractivity contribution >= 4 is 11.6 Å². The Morgan fingerprint density at radius 1 is 1.11 bits per heavy atom. The Kier molecular flexibility index (Phi) is 5.00. The third-order valence-corrected chi connectivity index (χ3v) is 5.11. The first-order valence-corrected chi connectivity index (χ1v) is 9.49. The van der Waals surface area contributed by atoms with Gasteiger partial charge in [0.2, 0.25) is 0 Å². The summed E-state index contributed by atoms with van der Waals surface area (Å²) in [4.78, 5) is 0. The maximum absolute atomic E-state index is 6.37. The lowest BCUT2D eigenvalue weighted by Gasteiger charge is -2.22. The monoisotopic (exact) mass is 399 g/mol. The normalized spacial score (nSPS) is 15.7. The molecule has 0 fully saturated rings. The number of ether oxygens (including phenoxy) is 3. The predicted octanol–water partition coefficient (Wildman–Crippen LogP) is 4.68. The van der Waals surface area contributed by atoms with Gasteiger partial charge in [-0.3, -0.25) is 4.57 Å². The highest BCUT2D eigenvalue weighted by Crippen LogP contribution is 2.43. The fourth-order valence-electron chi connectivity index (χ4n) is 3.62. The highest BCUT2D eigenvalue weighted by Gasteiger charge is 2.30. The fraction of sp³-hybridized carbons (Fsp3) is 0.333. The minimum Gasteiger partial charge on any atom is -0.493 e. The lowest BCUT2D eigenvalue weighted by molar-refractivity contribution is 0.0636. The minimum atomic E-state index is -0.388. The first-order valence-electron chi connectivity index (χ1n) is 9.11. The molecule has 1 aliphatic heterocycles. The molecule has 1 aromatic heterocycles. The maximum Gasteiger partial charge on any atom is 0.166 e. The summed E-state index contributed by atoms with van der Waals surface area (Å²) < 4.78 is 19.5. The highest BCUT2D eigenvalue weighted by molar-refractivity contribution is 6.30. The van der Waals surface area contributed by atoms with Crippen molar-refractivity contribution in [1.82, 2.24) is 14.8 Å². The number of nitrogens with zero attached hydrogens (tertiary/aromatic N) is 3. The van der Waals surface area contributed by atoms with Gasteiger partial charge < -0.3 is 14.2 Å². The Morgan fingerprint density at radius 3 is 2.64 bits per heavy atom. The van der Waals surface area contributed by atoms with Gasteiger partial charge in [-0.15, -0.1) is 10.2 Å². The first kappa shape index (κ1) is 18.8. The number of aromatic nitrogens is 3. The summed E-state index contributed by atoms with van der Waals surface area (Å²) in [6.45, 7) is 4.51. The molecule has 0 aliphatic carbocycles. The zero-order chi connectivity index (χ0) is 19.8. The summed E-state index contributed by atoms with van der Waals surface area (Å²) in [6.07, 6.45) is -0.388. The van der Waals surface area contributed by atoms with Crippen LogP contribution in [0.5, 0.6) is 11.5 Å². The molecular formula is C21H22ClN3O3. The average molecular weight is 400 g/mol. The molecule has 2 aromatic carbocycles. The Morgan fingerprint density at radius 2 is 1.93 bits per heavy atom. The smallest absolute Gasteiger partial charge is 0.166 e. The molecule has 7 heteroatoms. The highest BCUT2D eigenvalue weighted by atomic mass is 35.5. The maximum atomic E-state index is 6.37. The van der Waals surface area contributed by atoms with Crippen molar-refractivity contribution in [2.24, 2.45) is 0 Å². The molecule has 6 nitrogen and oxygen atoms in total. The lowest BCUT2D eigenvalue weighted by Crippen LogP contribution is -2.10. The molecule has 0 saturated heterocycles. The van der Waals surface area contributed by atoms with Gasteiger partial charge in [-0.2, -0.15) is 0 Å². The number of hydrogen-bond donors (Lipinski definition) is 0. The van der Waals surface area contributed by atoms with Gasteiger partial charge in [-0.1, -0.05) is 37.6 Å². The summed E-state index contributed by atoms with van der Waals surface area (Å²) in [5.41, 5.74) is 2.76. The van der Waals surface area contributed by atoms with E-state index in [1.54, 1.807) is 14.2 Å². The van der Waals surface area contributed by atoms with E-state index in [9.17, 15) is 0 Å². The van der Waals surface area contributed by atoms with Crippen molar-refractivity contribution in [3.63, 3.8) is 0 Å². The van der Waals surface area contributed by atoms with Crippen LogP contribution < -0.4 is 9.47 Å². The van der Waals surface area contributed by atoms with Gasteiger partial charge in [0.05, 0.1) is 19.9 Å². The van der Waals surface area contributed by atoms with E-state index >= 15 is 0 Å². The molecule has 4 rings (SSSR count). The number of rotatable bonds is 4. The minimum absolute atomic E-state index is 0.215. The number of benzene rings is 2. The zero-order valence-corrected chi connectivity index (χ0v) is 17.0. The van der Waals surface area contributed by atoms with Gasteiger partial charge >= 0.3 is 0 Å². The fourth-order valence-corrected chi connectivity index (χ4v) is 3.80. The van der Waals surface area contributed by atoms with Crippen molar-refractivity contribution in [1.29, 1.82) is 0 Å². The standard InChI is InChI=1S/C21H22ClN3O3/c1-12(2)21-24-23-18-11-28-19(14-6-5-7-17(26-3)20(14)27-4)15-10-13(22)8-9-16(15)25(18)21/h5-10,12,19H,11H2,1-4H3. The molecule has 28 heavy (non-hydrogen) atoms. The zero-order valence-electron chi connectivity index (χ0n) is 16.3. The Hall–Kier alpha value is -2.57. The van der Waals surface area contributed by atoms with E-state index in [1.165, 1.54) is 0 Å². The topological polar surface area (TPSA) is 58.4 Å². The largest absolute Gasteiger partial charge is 0.493 e. The quantitative estimate of drug-likeness (QED) is 0.637. The van der Waals surface area contributed by atoms with Gasteiger partial charge in [-0.05, 0) is 24.3 Å². The molecule has 1 aliphatic rings. The van der Waals surface area contributed by atoms with Crippen molar-refractivity contribution in [2.75, 3.05) is 14.2 Å². The first-order chi connectivity index (χ1) is 13.5. The molecule has 0 N–H and O–H groups in total. The molecule has 0 saturated carbocycles. The summed E-state index contributed by atoms with van der Waals surface area (Å²) in [6, 6.07) is 11.6. The Balaban J connectivity index is 1.95. The number of methoxy groups -OCH3 is 2. The third kappa shape index (κ3) is 3.02. The van der Waals surface area contributed by atoms with E-state index < -0.39 is 0 Å². The summed E-state index contributed by atoms with van der Waals surface area (Å²) >= 11 is 6.37. The SMILES string of the molecule is COc1cccc(C2OCc3nnc(C(C)C)n3-c3ccc(Cl)cc32)c1OC. The molecule has 2 heterocycles. The van der Waals surface area contributed by atoms with E-state index in [1.807, 2.05) is 36.4 Å². The van der Waals surface area contributed by atoms with Crippen LogP contribution in [0.4, 0.5) is 0 Å². The van der Waals surface area contributed by atoms with E-state index in [2.05, 4.69) is 28.6 Å². The second-order valence-corrected chi connectivity index (χ2v) is 7.38. The van der Waals surface area contributed by atoms with E-state index in [-0.39, 0.29) is 12.0 Å². The van der Waals surface area contributed by atoms with Crippen LogP contribution >= 0.6 is 11.6 Å². The van der Waals surface area contributed by atoms with Crippen LogP contribution in [0.25, 0.3) is 5.69 Å². The second-order valence-electron chi connectivity index (χ2n) is 6.94. The average Bonchev–Trinajstić information content (AvgIpc) is 3.05. The Bertz CT molecular complexity index is 1020. The molecule has 0 radical (unpaired) electrons. The number of para-hydroxylation sites is 1. The van der Waals surface area contributed by atoms with Crippen molar-refractivity contribution in [3.8, 4) is 17.2 Å². The van der Waals surface area contributed by atoms with Gasteiger partial charge in [0, 0.05) is 22.1 Å². The molecular weight excluding hydrogens is 378 g/mol. The number of hydrogen-bond acceptors (Lipinski definition) is 5. The Labute approximate surface area is 169 Å². The summed E-state index contributed by atoms with van der Waals surface area (Å²) in [5, 5.41) is 9.37. The van der Waals surface area contributed by atoms with Crippen LogP contribution in [0.15, 0.2) is 36.4 Å². The van der Waals surface area contributed by atoms with Gasteiger partial charge in [0.1, 0.15) is 18.5 Å². The molecule has 1 atom stereocenters. The van der Waals surface area contributed by atoms with Crippen LogP contribution in [0, 0.1) is 0 Å². The van der Waals surface area contributed by atoms with Crippen LogP contribution in [-0.2, 0) is 11.3 Å². The summed E-state index contributed by atoms with van der Waals surface area (Å²) in [5.74, 6) is 3.16. The molecule has 0 amide bonds. The van der Waals surface area contributed by atoms with Crippen LogP contribution in [-0.4, -0.2) is 29.0 Å². The van der Waals surface area contributed by atoms with Gasteiger partial charge in [-0.25, -0.2) is 0 Å². The van der Waals surface area contributed by atoms with Gasteiger partial charge in [0.15, 0.2) is 17.3 Å². The molecule has 0 spiro atoms. The van der Waals surface area contributed by atoms with Crippen LogP contribution in [0.2, 0.25) is 5.02 Å². The van der Waals surface area contributed by atoms with E-state index in [0.29, 0.717) is 23.1 Å². The lowest BCUT2D eigenvalue weighted by atomic mass is 9.98. The molecule has 1 unspecified atom stereocenters. The van der Waals surface area contributed by atoms with Crippen LogP contribution in [0.3, 0.4) is 0 Å². The molecule has 0 bridgehead atoms. The van der Waals surface area contributed by atoms with E-state index in [4.69, 9.17) is 25.8 Å². The van der Waals surface area contributed by atoms with Crippen LogP contribution in [0.1, 0.15) is 48.6 Å².